The first kappa shape index (κ1) is 16.8. The average Bonchev–Trinajstić information content (AvgIpc) is 3.63. The smallest absolute Gasteiger partial charge is 0.143 e. The van der Waals surface area contributed by atoms with Crippen molar-refractivity contribution >= 4 is 43.5 Å². The van der Waals surface area contributed by atoms with E-state index < -0.39 is 53.9 Å². The van der Waals surface area contributed by atoms with Crippen molar-refractivity contribution in [3.63, 3.8) is 0 Å². The van der Waals surface area contributed by atoms with Crippen LogP contribution in [0.4, 0.5) is 0 Å². The number of furan rings is 1. The van der Waals surface area contributed by atoms with E-state index in [0.717, 1.165) is 43.8 Å². The van der Waals surface area contributed by atoms with E-state index in [9.17, 15) is 4.11 Å². The Balaban J connectivity index is 1.42. The van der Waals surface area contributed by atoms with Gasteiger partial charge in [0.2, 0.25) is 0 Å². The third-order valence-corrected chi connectivity index (χ3v) is 8.27. The summed E-state index contributed by atoms with van der Waals surface area (Å²) in [5.41, 5.74) is 3.47. The number of fused-ring (bicyclic) bond motifs is 5. The van der Waals surface area contributed by atoms with E-state index in [-0.39, 0.29) is 51.2 Å². The molecular formula is C44H28O. The first-order valence-electron chi connectivity index (χ1n) is 20.1. The molecule has 0 saturated heterocycles. The molecule has 0 aliphatic carbocycles. The molecule has 1 heteroatoms. The van der Waals surface area contributed by atoms with Gasteiger partial charge in [-0.2, -0.15) is 0 Å². The molecule has 1 heterocycles. The highest BCUT2D eigenvalue weighted by Crippen LogP contribution is 2.47. The van der Waals surface area contributed by atoms with Crippen LogP contribution in [-0.4, -0.2) is 0 Å². The predicted octanol–water partition coefficient (Wildman–Crippen LogP) is 12.6. The molecule has 1 aromatic heterocycles. The van der Waals surface area contributed by atoms with Gasteiger partial charge in [-0.05, 0) is 72.6 Å². The molecule has 1 nitrogen and oxygen atoms in total. The molecule has 0 atom stereocenters. The van der Waals surface area contributed by atoms with Gasteiger partial charge in [0.05, 0.1) is 15.1 Å². The van der Waals surface area contributed by atoms with E-state index in [2.05, 4.69) is 24.3 Å². The second-order valence-corrected chi connectivity index (χ2v) is 10.8. The monoisotopic (exact) mass is 583 g/mol. The Morgan fingerprint density at radius 1 is 0.378 bits per heavy atom. The summed E-state index contributed by atoms with van der Waals surface area (Å²) in [6.45, 7) is 0. The number of benzene rings is 8. The topological polar surface area (TPSA) is 13.1 Å². The van der Waals surface area contributed by atoms with Crippen molar-refractivity contribution < 1.29 is 19.5 Å². The normalized spacial score (nSPS) is 15.0. The van der Waals surface area contributed by atoms with E-state index in [1.165, 1.54) is 0 Å². The Morgan fingerprint density at radius 3 is 1.71 bits per heavy atom. The van der Waals surface area contributed by atoms with Gasteiger partial charge < -0.3 is 4.42 Å². The van der Waals surface area contributed by atoms with Crippen LogP contribution >= 0.6 is 0 Å². The van der Waals surface area contributed by atoms with Crippen LogP contribution in [-0.2, 0) is 0 Å². The third-order valence-electron chi connectivity index (χ3n) is 8.27. The fourth-order valence-electron chi connectivity index (χ4n) is 6.35. The molecule has 0 aliphatic rings. The van der Waals surface area contributed by atoms with Gasteiger partial charge >= 0.3 is 0 Å². The summed E-state index contributed by atoms with van der Waals surface area (Å²) in [5.74, 6) is 0. The summed E-state index contributed by atoms with van der Waals surface area (Å²) >= 11 is 0. The highest BCUT2D eigenvalue weighted by molar-refractivity contribution is 6.23. The zero-order chi connectivity index (χ0) is 39.3. The highest BCUT2D eigenvalue weighted by Gasteiger charge is 2.20. The van der Waals surface area contributed by atoms with Crippen LogP contribution in [0.25, 0.3) is 88.0 Å². The Hall–Kier alpha value is -5.92. The fourth-order valence-corrected chi connectivity index (χ4v) is 6.35. The van der Waals surface area contributed by atoms with Gasteiger partial charge in [-0.25, -0.2) is 0 Å². The van der Waals surface area contributed by atoms with Gasteiger partial charge in [0, 0.05) is 16.3 Å². The zero-order valence-electron chi connectivity index (χ0n) is 34.7. The molecule has 8 aromatic carbocycles. The molecule has 9 aromatic rings. The molecule has 45 heavy (non-hydrogen) atoms. The Labute approximate surface area is 277 Å². The van der Waals surface area contributed by atoms with Gasteiger partial charge in [0.1, 0.15) is 11.2 Å². The lowest BCUT2D eigenvalue weighted by atomic mass is 9.84. The number of hydrogen-bond donors (Lipinski definition) is 0. The highest BCUT2D eigenvalue weighted by atomic mass is 16.3. The van der Waals surface area contributed by atoms with Crippen LogP contribution < -0.4 is 0 Å². The summed E-state index contributed by atoms with van der Waals surface area (Å²) in [6.07, 6.45) is 0. The molecule has 0 aliphatic heterocycles. The van der Waals surface area contributed by atoms with E-state index in [4.69, 9.17) is 15.4 Å². The number of rotatable bonds is 4. The van der Waals surface area contributed by atoms with E-state index in [1.807, 2.05) is 78.9 Å². The quantitative estimate of drug-likeness (QED) is 0.188. The largest absolute Gasteiger partial charge is 0.455 e. The van der Waals surface area contributed by atoms with Gasteiger partial charge in [0.25, 0.3) is 0 Å². The van der Waals surface area contributed by atoms with Crippen LogP contribution in [0.5, 0.6) is 0 Å². The molecule has 0 bridgehead atoms. The molecule has 0 unspecified atom stereocenters. The Morgan fingerprint density at radius 2 is 1.00 bits per heavy atom. The summed E-state index contributed by atoms with van der Waals surface area (Å²) in [5, 5.41) is 2.91. The third kappa shape index (κ3) is 4.09. The van der Waals surface area contributed by atoms with Crippen molar-refractivity contribution in [1.82, 2.24) is 0 Å². The van der Waals surface area contributed by atoms with Crippen molar-refractivity contribution in [3.05, 3.63) is 170 Å². The number of hydrogen-bond acceptors (Lipinski definition) is 1. The average molecular weight is 584 g/mol. The van der Waals surface area contributed by atoms with Crippen LogP contribution in [0.2, 0.25) is 0 Å². The van der Waals surface area contributed by atoms with Crippen molar-refractivity contribution in [3.8, 4) is 44.5 Å². The van der Waals surface area contributed by atoms with E-state index in [0.29, 0.717) is 5.56 Å². The molecule has 0 amide bonds. The summed E-state index contributed by atoms with van der Waals surface area (Å²) in [4.78, 5) is 0. The molecule has 0 fully saturated rings. The lowest BCUT2D eigenvalue weighted by Gasteiger charge is -2.19. The van der Waals surface area contributed by atoms with Crippen molar-refractivity contribution in [1.29, 1.82) is 0 Å². The molecular weight excluding hydrogens is 544 g/mol. The number of para-hydroxylation sites is 1. The molecule has 0 saturated carbocycles. The Kier molecular flexibility index (Phi) is 3.87. The van der Waals surface area contributed by atoms with E-state index >= 15 is 0 Å². The summed E-state index contributed by atoms with van der Waals surface area (Å²) in [7, 11) is 0. The van der Waals surface area contributed by atoms with Crippen LogP contribution in [0.15, 0.2) is 174 Å². The second kappa shape index (κ2) is 10.4. The minimum absolute atomic E-state index is 0.102. The molecule has 210 valence electrons. The maximum atomic E-state index is 9.68. The standard InChI is InChI=1S/C44H28O/c1-3-14-29(15-4-1)32-18-7-8-19-35(32)43-38-22-11-9-20-36(38)42(37-21-10-12-23-39(37)43)31-26-27-34-40-25-13-24-33(30-16-5-2-6-17-30)44(40)45-41(34)28-31/h1-28H/i2D,5D,6D,13D,16D,17D,24D,25D,26D,27D,28D. The minimum Gasteiger partial charge on any atom is -0.455 e. The van der Waals surface area contributed by atoms with Gasteiger partial charge in [-0.1, -0.05) is 158 Å². The molecule has 0 spiro atoms. The predicted molar refractivity (Wildman–Crippen MR) is 190 cm³/mol. The van der Waals surface area contributed by atoms with Crippen molar-refractivity contribution in [2.75, 3.05) is 0 Å². The first-order valence-corrected chi connectivity index (χ1v) is 14.6. The minimum atomic E-state index is -0.655. The zero-order valence-corrected chi connectivity index (χ0v) is 23.7. The summed E-state index contributed by atoms with van der Waals surface area (Å²) in [6, 6.07) is 27.8. The van der Waals surface area contributed by atoms with Crippen LogP contribution in [0.3, 0.4) is 0 Å². The van der Waals surface area contributed by atoms with Crippen LogP contribution in [0, 0.1) is 0 Å². The van der Waals surface area contributed by atoms with Gasteiger partial charge in [-0.3, -0.25) is 0 Å². The van der Waals surface area contributed by atoms with Crippen molar-refractivity contribution in [2.45, 2.75) is 0 Å². The van der Waals surface area contributed by atoms with Gasteiger partial charge in [0.15, 0.2) is 0 Å². The second-order valence-electron chi connectivity index (χ2n) is 10.8. The maximum Gasteiger partial charge on any atom is 0.143 e. The lowest BCUT2D eigenvalue weighted by Crippen LogP contribution is -1.92. The SMILES string of the molecule is [2H]c1c([2H])c([2H])c(-c2c([2H])c([2H])c([2H])c3c2oc2c([2H])c(-c4c5ccccc5c(-c5ccccc5-c5ccccc5)c5ccccc45)c([2H])c([2H])c23)c([2H])c1[2H]. The molecule has 0 radical (unpaired) electrons. The van der Waals surface area contributed by atoms with Crippen molar-refractivity contribution in [2.24, 2.45) is 0 Å². The molecule has 9 rings (SSSR count). The van der Waals surface area contributed by atoms with Gasteiger partial charge in [-0.15, -0.1) is 0 Å². The fraction of sp³-hybridized carbons (Fsp3) is 0. The van der Waals surface area contributed by atoms with E-state index in [1.54, 1.807) is 0 Å². The molecule has 0 N–H and O–H groups in total. The Bertz CT molecular complexity index is 3070. The maximum absolute atomic E-state index is 9.68. The first-order chi connectivity index (χ1) is 26.9. The van der Waals surface area contributed by atoms with Crippen LogP contribution in [0.1, 0.15) is 15.1 Å². The summed E-state index contributed by atoms with van der Waals surface area (Å²) < 4.78 is 103. The lowest BCUT2D eigenvalue weighted by molar-refractivity contribution is 0.670.